The van der Waals surface area contributed by atoms with Crippen molar-refractivity contribution >= 4 is 5.97 Å². The number of carboxylic acids is 1. The molecule has 0 spiro atoms. The molecule has 0 aliphatic rings. The molecule has 21 heavy (non-hydrogen) atoms. The number of aliphatic carboxylic acids is 1. The standard InChI is InChI=1S/C18H28O3/c1-12-9-13(7-8-15(19)20)10-14(16(12)21)18(5,6)11-17(2,3)4/h9-10,21H,7-8,11H2,1-6H3,(H,19,20). The lowest BCUT2D eigenvalue weighted by molar-refractivity contribution is -0.136. The van der Waals surface area contributed by atoms with Crippen molar-refractivity contribution in [1.82, 2.24) is 0 Å². The van der Waals surface area contributed by atoms with Crippen LogP contribution in [0.5, 0.6) is 5.75 Å². The van der Waals surface area contributed by atoms with E-state index >= 15 is 0 Å². The lowest BCUT2D eigenvalue weighted by Gasteiger charge is -2.34. The molecule has 0 heterocycles. The van der Waals surface area contributed by atoms with E-state index in [1.807, 2.05) is 19.1 Å². The first-order valence-electron chi connectivity index (χ1n) is 7.47. The molecule has 118 valence electrons. The number of phenols is 1. The minimum Gasteiger partial charge on any atom is -0.507 e. The Bertz CT molecular complexity index is 522. The van der Waals surface area contributed by atoms with Gasteiger partial charge in [0.25, 0.3) is 0 Å². The molecule has 0 saturated carbocycles. The van der Waals surface area contributed by atoms with Crippen LogP contribution in [0.15, 0.2) is 12.1 Å². The molecular weight excluding hydrogens is 264 g/mol. The average Bonchev–Trinajstić information content (AvgIpc) is 2.26. The van der Waals surface area contributed by atoms with Crippen LogP contribution in [0.3, 0.4) is 0 Å². The Morgan fingerprint density at radius 3 is 2.19 bits per heavy atom. The summed E-state index contributed by atoms with van der Waals surface area (Å²) in [5.41, 5.74) is 2.70. The number of aromatic hydroxyl groups is 1. The fraction of sp³-hybridized carbons (Fsp3) is 0.611. The summed E-state index contributed by atoms with van der Waals surface area (Å²) in [7, 11) is 0. The van der Waals surface area contributed by atoms with Crippen LogP contribution in [-0.2, 0) is 16.6 Å². The van der Waals surface area contributed by atoms with Gasteiger partial charge in [0, 0.05) is 12.0 Å². The van der Waals surface area contributed by atoms with E-state index in [0.717, 1.165) is 23.1 Å². The molecule has 1 aromatic rings. The number of rotatable bonds is 5. The second-order valence-corrected chi connectivity index (χ2v) is 7.82. The van der Waals surface area contributed by atoms with Gasteiger partial charge in [-0.15, -0.1) is 0 Å². The second-order valence-electron chi connectivity index (χ2n) is 7.82. The first-order chi connectivity index (χ1) is 9.42. The molecule has 0 radical (unpaired) electrons. The van der Waals surface area contributed by atoms with E-state index in [0.29, 0.717) is 12.2 Å². The van der Waals surface area contributed by atoms with E-state index in [-0.39, 0.29) is 17.3 Å². The van der Waals surface area contributed by atoms with Crippen molar-refractivity contribution in [2.45, 2.75) is 66.2 Å². The van der Waals surface area contributed by atoms with Crippen molar-refractivity contribution in [1.29, 1.82) is 0 Å². The van der Waals surface area contributed by atoms with Gasteiger partial charge in [-0.3, -0.25) is 4.79 Å². The van der Waals surface area contributed by atoms with Crippen molar-refractivity contribution in [3.8, 4) is 5.75 Å². The average molecular weight is 292 g/mol. The van der Waals surface area contributed by atoms with Crippen LogP contribution in [0.2, 0.25) is 0 Å². The van der Waals surface area contributed by atoms with Gasteiger partial charge < -0.3 is 10.2 Å². The number of hydrogen-bond donors (Lipinski definition) is 2. The fourth-order valence-corrected chi connectivity index (χ4v) is 3.19. The van der Waals surface area contributed by atoms with Gasteiger partial charge in [0.15, 0.2) is 0 Å². The van der Waals surface area contributed by atoms with Crippen LogP contribution in [-0.4, -0.2) is 16.2 Å². The van der Waals surface area contributed by atoms with Gasteiger partial charge in [-0.1, -0.05) is 46.8 Å². The van der Waals surface area contributed by atoms with Crippen LogP contribution in [0, 0.1) is 12.3 Å². The van der Waals surface area contributed by atoms with Crippen molar-refractivity contribution in [2.75, 3.05) is 0 Å². The summed E-state index contributed by atoms with van der Waals surface area (Å²) < 4.78 is 0. The van der Waals surface area contributed by atoms with E-state index in [4.69, 9.17) is 5.11 Å². The van der Waals surface area contributed by atoms with Crippen molar-refractivity contribution in [2.24, 2.45) is 5.41 Å². The van der Waals surface area contributed by atoms with Crippen LogP contribution >= 0.6 is 0 Å². The normalized spacial score (nSPS) is 12.5. The van der Waals surface area contributed by atoms with Crippen molar-refractivity contribution in [3.63, 3.8) is 0 Å². The number of benzene rings is 1. The third-order valence-electron chi connectivity index (χ3n) is 3.69. The quantitative estimate of drug-likeness (QED) is 0.844. The Balaban J connectivity index is 3.18. The largest absolute Gasteiger partial charge is 0.507 e. The molecule has 3 heteroatoms. The molecule has 1 aromatic carbocycles. The van der Waals surface area contributed by atoms with E-state index in [9.17, 15) is 9.90 Å². The zero-order chi connectivity index (χ0) is 16.4. The van der Waals surface area contributed by atoms with Gasteiger partial charge >= 0.3 is 5.97 Å². The Hall–Kier alpha value is -1.51. The first-order valence-corrected chi connectivity index (χ1v) is 7.47. The van der Waals surface area contributed by atoms with E-state index < -0.39 is 5.97 Å². The maximum atomic E-state index is 10.7. The molecular formula is C18H28O3. The van der Waals surface area contributed by atoms with Crippen LogP contribution in [0.4, 0.5) is 0 Å². The van der Waals surface area contributed by atoms with Gasteiger partial charge in [0.2, 0.25) is 0 Å². The van der Waals surface area contributed by atoms with Gasteiger partial charge in [-0.25, -0.2) is 0 Å². The third kappa shape index (κ3) is 5.07. The lowest BCUT2D eigenvalue weighted by atomic mass is 9.71. The molecule has 0 aliphatic carbocycles. The summed E-state index contributed by atoms with van der Waals surface area (Å²) in [5.74, 6) is -0.459. The molecule has 3 nitrogen and oxygen atoms in total. The minimum atomic E-state index is -0.795. The van der Waals surface area contributed by atoms with Crippen LogP contribution in [0.25, 0.3) is 0 Å². The molecule has 2 N–H and O–H groups in total. The zero-order valence-electron chi connectivity index (χ0n) is 14.1. The number of carboxylic acid groups (broad SMARTS) is 1. The van der Waals surface area contributed by atoms with Crippen LogP contribution < -0.4 is 0 Å². The fourth-order valence-electron chi connectivity index (χ4n) is 3.19. The molecule has 0 fully saturated rings. The Morgan fingerprint density at radius 2 is 1.71 bits per heavy atom. The monoisotopic (exact) mass is 292 g/mol. The zero-order valence-corrected chi connectivity index (χ0v) is 14.1. The predicted molar refractivity (Wildman–Crippen MR) is 85.9 cm³/mol. The molecule has 0 aromatic heterocycles. The van der Waals surface area contributed by atoms with Gasteiger partial charge in [0.1, 0.15) is 5.75 Å². The SMILES string of the molecule is Cc1cc(CCC(=O)O)cc(C(C)(C)CC(C)(C)C)c1O. The highest BCUT2D eigenvalue weighted by molar-refractivity contribution is 5.67. The van der Waals surface area contributed by atoms with E-state index in [1.165, 1.54) is 0 Å². The molecule has 0 aliphatic heterocycles. The summed E-state index contributed by atoms with van der Waals surface area (Å²) in [4.78, 5) is 10.7. The van der Waals surface area contributed by atoms with Gasteiger partial charge in [-0.2, -0.15) is 0 Å². The van der Waals surface area contributed by atoms with Crippen molar-refractivity contribution < 1.29 is 15.0 Å². The summed E-state index contributed by atoms with van der Waals surface area (Å²) in [5, 5.41) is 19.2. The number of phenolic OH excluding ortho intramolecular Hbond substituents is 1. The molecule has 1 rings (SSSR count). The first kappa shape index (κ1) is 17.5. The molecule has 0 atom stereocenters. The summed E-state index contributed by atoms with van der Waals surface area (Å²) in [6.45, 7) is 12.7. The van der Waals surface area contributed by atoms with E-state index in [2.05, 4.69) is 34.6 Å². The third-order valence-corrected chi connectivity index (χ3v) is 3.69. The van der Waals surface area contributed by atoms with Crippen molar-refractivity contribution in [3.05, 3.63) is 28.8 Å². The Morgan fingerprint density at radius 1 is 1.14 bits per heavy atom. The Labute approximate surface area is 128 Å². The maximum Gasteiger partial charge on any atom is 0.303 e. The maximum absolute atomic E-state index is 10.7. The number of hydrogen-bond acceptors (Lipinski definition) is 2. The number of carbonyl (C=O) groups is 1. The van der Waals surface area contributed by atoms with Crippen LogP contribution in [0.1, 0.15) is 64.2 Å². The van der Waals surface area contributed by atoms with Gasteiger partial charge in [0.05, 0.1) is 0 Å². The summed E-state index contributed by atoms with van der Waals surface area (Å²) >= 11 is 0. The molecule has 0 bridgehead atoms. The highest BCUT2D eigenvalue weighted by atomic mass is 16.4. The lowest BCUT2D eigenvalue weighted by Crippen LogP contribution is -2.25. The number of aryl methyl sites for hydroxylation is 2. The highest BCUT2D eigenvalue weighted by Gasteiger charge is 2.30. The summed E-state index contributed by atoms with van der Waals surface area (Å²) in [6, 6.07) is 3.85. The minimum absolute atomic E-state index is 0.114. The topological polar surface area (TPSA) is 57.5 Å². The molecule has 0 unspecified atom stereocenters. The van der Waals surface area contributed by atoms with E-state index in [1.54, 1.807) is 0 Å². The Kier molecular flexibility index (Phi) is 5.08. The molecule has 0 saturated heterocycles. The van der Waals surface area contributed by atoms with Gasteiger partial charge in [-0.05, 0) is 41.7 Å². The predicted octanol–water partition coefficient (Wildman–Crippen LogP) is 4.43. The summed E-state index contributed by atoms with van der Waals surface area (Å²) in [6.07, 6.45) is 1.55. The highest BCUT2D eigenvalue weighted by Crippen LogP contribution is 2.41. The smallest absolute Gasteiger partial charge is 0.303 e. The second kappa shape index (κ2) is 6.08. The molecule has 0 amide bonds.